The number of hydrogen-bond acceptors (Lipinski definition) is 6. The van der Waals surface area contributed by atoms with E-state index in [1.54, 1.807) is 20.8 Å². The van der Waals surface area contributed by atoms with Crippen LogP contribution in [-0.2, 0) is 23.1 Å². The van der Waals surface area contributed by atoms with Gasteiger partial charge in [-0.2, -0.15) is 0 Å². The van der Waals surface area contributed by atoms with Crippen molar-refractivity contribution in [1.29, 1.82) is 0 Å². The van der Waals surface area contributed by atoms with Gasteiger partial charge in [-0.25, -0.2) is 4.57 Å². The smallest absolute Gasteiger partial charge is 0.392 e. The molecule has 0 aromatic carbocycles. The summed E-state index contributed by atoms with van der Waals surface area (Å²) >= 11 is 0.885. The fraction of sp³-hybridized carbons (Fsp3) is 0.875. The summed E-state index contributed by atoms with van der Waals surface area (Å²) in [6.07, 6.45) is 0.300. The topological polar surface area (TPSA) is 61.8 Å². The maximum Gasteiger partial charge on any atom is 0.392 e. The summed E-state index contributed by atoms with van der Waals surface area (Å²) < 4.78 is 26.6. The molecule has 0 aliphatic rings. The molecule has 5 nitrogen and oxygen atoms in total. The van der Waals surface area contributed by atoms with Gasteiger partial charge in [-0.1, -0.05) is 6.92 Å². The summed E-state index contributed by atoms with van der Waals surface area (Å²) in [5, 5.41) is 0. The molecule has 0 N–H and O–H groups in total. The van der Waals surface area contributed by atoms with Crippen LogP contribution in [0.2, 0.25) is 0 Å². The monoisotopic (exact) mass is 256 g/mol. The second-order valence-electron chi connectivity index (χ2n) is 2.40. The van der Waals surface area contributed by atoms with Crippen LogP contribution in [0.25, 0.3) is 0 Å². The lowest BCUT2D eigenvalue weighted by atomic mass is 10.5. The van der Waals surface area contributed by atoms with E-state index in [1.807, 2.05) is 0 Å². The third-order valence-corrected chi connectivity index (χ3v) is 4.88. The van der Waals surface area contributed by atoms with Crippen molar-refractivity contribution < 1.29 is 23.1 Å². The summed E-state index contributed by atoms with van der Waals surface area (Å²) in [7, 11) is 0. The molecule has 0 unspecified atom stereocenters. The maximum absolute atomic E-state index is 11.8. The zero-order valence-corrected chi connectivity index (χ0v) is 10.9. The van der Waals surface area contributed by atoms with Crippen molar-refractivity contribution in [2.45, 2.75) is 27.2 Å². The predicted octanol–water partition coefficient (Wildman–Crippen LogP) is 2.81. The maximum atomic E-state index is 11.8. The van der Waals surface area contributed by atoms with E-state index >= 15 is 0 Å². The molecule has 0 amide bonds. The summed E-state index contributed by atoms with van der Waals surface area (Å²) in [6, 6.07) is 0. The van der Waals surface area contributed by atoms with Crippen molar-refractivity contribution in [3.05, 3.63) is 0 Å². The number of carbonyl (C=O) groups is 1. The Balaban J connectivity index is 3.96. The van der Waals surface area contributed by atoms with Gasteiger partial charge in [0.1, 0.15) is 5.94 Å². The summed E-state index contributed by atoms with van der Waals surface area (Å²) in [4.78, 5) is 10.8. The fourth-order valence-electron chi connectivity index (χ4n) is 0.687. The van der Waals surface area contributed by atoms with Crippen molar-refractivity contribution in [3.63, 3.8) is 0 Å². The minimum atomic E-state index is -3.15. The molecule has 0 aromatic heterocycles. The van der Waals surface area contributed by atoms with E-state index in [4.69, 9.17) is 13.8 Å². The number of hydrogen-bond donors (Lipinski definition) is 0. The lowest BCUT2D eigenvalue weighted by Crippen LogP contribution is -2.02. The minimum absolute atomic E-state index is 0.00997. The van der Waals surface area contributed by atoms with Crippen LogP contribution in [0.1, 0.15) is 27.2 Å². The van der Waals surface area contributed by atoms with E-state index in [0.29, 0.717) is 19.6 Å². The van der Waals surface area contributed by atoms with Gasteiger partial charge >= 0.3 is 12.8 Å². The fourth-order valence-corrected chi connectivity index (χ4v) is 3.48. The molecule has 0 heterocycles. The van der Waals surface area contributed by atoms with E-state index in [-0.39, 0.29) is 11.9 Å². The molecule has 0 spiro atoms. The Morgan fingerprint density at radius 1 is 1.20 bits per heavy atom. The molecule has 0 saturated carbocycles. The van der Waals surface area contributed by atoms with Crippen LogP contribution in [0.3, 0.4) is 0 Å². The molecular weight excluding hydrogens is 239 g/mol. The van der Waals surface area contributed by atoms with Crippen molar-refractivity contribution in [1.82, 2.24) is 0 Å². The first kappa shape index (κ1) is 15.0. The van der Waals surface area contributed by atoms with Crippen LogP contribution in [0.5, 0.6) is 0 Å². The number of ether oxygens (including phenoxy) is 1. The molecule has 90 valence electrons. The first-order valence-corrected chi connectivity index (χ1v) is 7.90. The van der Waals surface area contributed by atoms with Crippen LogP contribution >= 0.6 is 18.2 Å². The Morgan fingerprint density at radius 2 is 1.73 bits per heavy atom. The van der Waals surface area contributed by atoms with E-state index in [0.717, 1.165) is 11.4 Å². The standard InChI is InChI=1S/C8H17O5PS/c1-4-8(9)11-7-15-14(10,12-5-2)13-6-3/h4-7H2,1-3H3. The molecule has 0 fully saturated rings. The number of carbonyl (C=O) groups excluding carboxylic acids is 1. The van der Waals surface area contributed by atoms with Crippen LogP contribution in [0, 0.1) is 0 Å². The Kier molecular flexibility index (Phi) is 8.14. The molecule has 0 bridgehead atoms. The SMILES string of the molecule is CCOP(=O)(OCC)SCOC(=O)CC. The normalized spacial score (nSPS) is 11.4. The van der Waals surface area contributed by atoms with E-state index in [1.165, 1.54) is 0 Å². The van der Waals surface area contributed by atoms with Crippen molar-refractivity contribution in [3.8, 4) is 0 Å². The van der Waals surface area contributed by atoms with Gasteiger partial charge in [0.15, 0.2) is 0 Å². The molecule has 0 radical (unpaired) electrons. The van der Waals surface area contributed by atoms with Crippen LogP contribution in [0.15, 0.2) is 0 Å². The summed E-state index contributed by atoms with van der Waals surface area (Å²) in [6.45, 7) is 2.59. The molecule has 0 saturated heterocycles. The second-order valence-corrected chi connectivity index (χ2v) is 6.42. The Labute approximate surface area is 94.1 Å². The van der Waals surface area contributed by atoms with E-state index in [2.05, 4.69) is 0 Å². The highest BCUT2D eigenvalue weighted by molar-refractivity contribution is 8.55. The molecule has 0 aliphatic carbocycles. The quantitative estimate of drug-likeness (QED) is 0.378. The third-order valence-electron chi connectivity index (χ3n) is 1.29. The average molecular weight is 256 g/mol. The molecule has 0 atom stereocenters. The van der Waals surface area contributed by atoms with E-state index < -0.39 is 6.80 Å². The Morgan fingerprint density at radius 3 is 2.13 bits per heavy atom. The van der Waals surface area contributed by atoms with Crippen LogP contribution in [-0.4, -0.2) is 25.1 Å². The highest BCUT2D eigenvalue weighted by Gasteiger charge is 2.24. The lowest BCUT2D eigenvalue weighted by Gasteiger charge is -2.15. The van der Waals surface area contributed by atoms with Crippen molar-refractivity contribution in [2.75, 3.05) is 19.2 Å². The Bertz CT molecular complexity index is 223. The molecular formula is C8H17O5PS. The first-order chi connectivity index (χ1) is 7.08. The molecule has 15 heavy (non-hydrogen) atoms. The van der Waals surface area contributed by atoms with Crippen molar-refractivity contribution in [2.24, 2.45) is 0 Å². The van der Waals surface area contributed by atoms with Gasteiger partial charge in [0.25, 0.3) is 0 Å². The van der Waals surface area contributed by atoms with Gasteiger partial charge in [0.05, 0.1) is 13.2 Å². The highest BCUT2D eigenvalue weighted by Crippen LogP contribution is 2.60. The summed E-state index contributed by atoms with van der Waals surface area (Å²) in [5.41, 5.74) is 0. The average Bonchev–Trinajstić information content (AvgIpc) is 2.18. The Hall–Kier alpha value is -0.0300. The minimum Gasteiger partial charge on any atom is -0.454 e. The van der Waals surface area contributed by atoms with Crippen LogP contribution in [0.4, 0.5) is 0 Å². The summed E-state index contributed by atoms with van der Waals surface area (Å²) in [5.74, 6) is -0.341. The third kappa shape index (κ3) is 6.95. The zero-order chi connectivity index (χ0) is 11.7. The highest BCUT2D eigenvalue weighted by atomic mass is 32.7. The van der Waals surface area contributed by atoms with Gasteiger partial charge in [-0.05, 0) is 13.8 Å². The van der Waals surface area contributed by atoms with Gasteiger partial charge in [-0.15, -0.1) is 0 Å². The first-order valence-electron chi connectivity index (χ1n) is 4.77. The largest absolute Gasteiger partial charge is 0.454 e. The van der Waals surface area contributed by atoms with Gasteiger partial charge in [0, 0.05) is 17.8 Å². The lowest BCUT2D eigenvalue weighted by molar-refractivity contribution is -0.140. The van der Waals surface area contributed by atoms with Gasteiger partial charge in [-0.3, -0.25) is 4.79 Å². The van der Waals surface area contributed by atoms with Crippen LogP contribution < -0.4 is 0 Å². The molecule has 0 aliphatic heterocycles. The second kappa shape index (κ2) is 8.16. The van der Waals surface area contributed by atoms with E-state index in [9.17, 15) is 9.36 Å². The zero-order valence-electron chi connectivity index (χ0n) is 9.23. The molecule has 0 aromatic rings. The molecule has 7 heteroatoms. The van der Waals surface area contributed by atoms with Crippen molar-refractivity contribution >= 4 is 24.1 Å². The van der Waals surface area contributed by atoms with Gasteiger partial charge in [0.2, 0.25) is 0 Å². The predicted molar refractivity (Wildman–Crippen MR) is 59.7 cm³/mol. The number of rotatable bonds is 8. The molecule has 0 rings (SSSR count). The van der Waals surface area contributed by atoms with Gasteiger partial charge < -0.3 is 13.8 Å². The number of esters is 1.